The van der Waals surface area contributed by atoms with Gasteiger partial charge in [0.05, 0.1) is 0 Å². The molecular formula is C52H30OS. The van der Waals surface area contributed by atoms with Gasteiger partial charge in [-0.2, -0.15) is 0 Å². The molecule has 0 saturated heterocycles. The number of hydrogen-bond acceptors (Lipinski definition) is 2. The predicted molar refractivity (Wildman–Crippen MR) is 233 cm³/mol. The Labute approximate surface area is 314 Å². The van der Waals surface area contributed by atoms with E-state index in [4.69, 9.17) is 4.42 Å². The average molecular weight is 703 g/mol. The molecule has 12 rings (SSSR count). The van der Waals surface area contributed by atoms with Gasteiger partial charge in [-0.1, -0.05) is 152 Å². The summed E-state index contributed by atoms with van der Waals surface area (Å²) in [7, 11) is 0. The van der Waals surface area contributed by atoms with Crippen molar-refractivity contribution < 1.29 is 4.42 Å². The Morgan fingerprint density at radius 1 is 0.315 bits per heavy atom. The molecule has 1 nitrogen and oxygen atoms in total. The molecule has 0 unspecified atom stereocenters. The Morgan fingerprint density at radius 2 is 0.815 bits per heavy atom. The summed E-state index contributed by atoms with van der Waals surface area (Å²) in [4.78, 5) is 0. The minimum absolute atomic E-state index is 0.922. The molecule has 2 heterocycles. The van der Waals surface area contributed by atoms with Gasteiger partial charge in [-0.05, 0) is 101 Å². The highest BCUT2D eigenvalue weighted by Crippen LogP contribution is 2.47. The first kappa shape index (κ1) is 29.8. The maximum absolute atomic E-state index is 6.53. The van der Waals surface area contributed by atoms with Gasteiger partial charge in [-0.3, -0.25) is 0 Å². The Hall–Kier alpha value is -6.74. The molecule has 0 radical (unpaired) electrons. The lowest BCUT2D eigenvalue weighted by molar-refractivity contribution is 0.673. The van der Waals surface area contributed by atoms with Gasteiger partial charge in [0.15, 0.2) is 0 Å². The fourth-order valence-electron chi connectivity index (χ4n) is 8.97. The third-order valence-corrected chi connectivity index (χ3v) is 12.6. The van der Waals surface area contributed by atoms with Crippen molar-refractivity contribution in [2.24, 2.45) is 0 Å². The fraction of sp³-hybridized carbons (Fsp3) is 0. The topological polar surface area (TPSA) is 13.1 Å². The zero-order chi connectivity index (χ0) is 35.3. The van der Waals surface area contributed by atoms with E-state index in [9.17, 15) is 0 Å². The van der Waals surface area contributed by atoms with Crippen LogP contribution < -0.4 is 0 Å². The van der Waals surface area contributed by atoms with Crippen molar-refractivity contribution in [3.05, 3.63) is 182 Å². The molecule has 54 heavy (non-hydrogen) atoms. The van der Waals surface area contributed by atoms with E-state index in [0.29, 0.717) is 0 Å². The SMILES string of the molecule is c1ccc2c(-c3c4ccccc4c(-c4ccc5c(c4)sc4cc(-c6ccc7c(c6)oc6c8ccccc8ccc76)ccc45)c4ccccc34)cccc2c1. The van der Waals surface area contributed by atoms with Crippen LogP contribution in [0.5, 0.6) is 0 Å². The van der Waals surface area contributed by atoms with Crippen LogP contribution in [0.1, 0.15) is 0 Å². The fourth-order valence-corrected chi connectivity index (χ4v) is 10.2. The standard InChI is InChI=1S/C52H30OS/c1-3-13-36-31(10-1)12-9-19-41(36)51-44-17-7-5-15-42(44)50(43-16-6-8-18-45(43)51)35-23-26-40-39-25-22-34(29-48(39)54-49(40)30-35)33-21-24-38-46-27-20-32-11-2-4-14-37(32)52(46)53-47(38)28-33/h1-30H. The number of benzene rings is 10. The maximum atomic E-state index is 6.53. The van der Waals surface area contributed by atoms with Gasteiger partial charge in [0.25, 0.3) is 0 Å². The summed E-state index contributed by atoms with van der Waals surface area (Å²) in [6.45, 7) is 0. The van der Waals surface area contributed by atoms with Crippen LogP contribution in [0.3, 0.4) is 0 Å². The van der Waals surface area contributed by atoms with Gasteiger partial charge >= 0.3 is 0 Å². The van der Waals surface area contributed by atoms with Crippen molar-refractivity contribution in [3.63, 3.8) is 0 Å². The molecule has 0 N–H and O–H groups in total. The first-order valence-corrected chi connectivity index (χ1v) is 19.3. The number of thiophene rings is 1. The normalized spacial score (nSPS) is 12.1. The molecule has 12 aromatic rings. The zero-order valence-electron chi connectivity index (χ0n) is 29.1. The van der Waals surface area contributed by atoms with Gasteiger partial charge in [-0.25, -0.2) is 0 Å². The van der Waals surface area contributed by atoms with E-state index < -0.39 is 0 Å². The second-order valence-electron chi connectivity index (χ2n) is 14.4. The quantitative estimate of drug-likeness (QED) is 0.167. The summed E-state index contributed by atoms with van der Waals surface area (Å²) in [5, 5.41) is 14.9. The molecule has 250 valence electrons. The third kappa shape index (κ3) is 4.32. The molecule has 0 spiro atoms. The lowest BCUT2D eigenvalue weighted by Crippen LogP contribution is -1.91. The van der Waals surface area contributed by atoms with Gasteiger partial charge in [0.2, 0.25) is 0 Å². The summed E-state index contributed by atoms with van der Waals surface area (Å²) in [6.07, 6.45) is 0. The molecule has 0 bridgehead atoms. The van der Waals surface area contributed by atoms with Crippen molar-refractivity contribution >= 4 is 96.5 Å². The van der Waals surface area contributed by atoms with Crippen LogP contribution in [0, 0.1) is 0 Å². The summed E-state index contributed by atoms with van der Waals surface area (Å²) in [5.74, 6) is 0. The monoisotopic (exact) mass is 702 g/mol. The van der Waals surface area contributed by atoms with Gasteiger partial charge < -0.3 is 4.42 Å². The molecule has 0 aliphatic carbocycles. The summed E-state index contributed by atoms with van der Waals surface area (Å²) < 4.78 is 9.12. The molecule has 2 heteroatoms. The van der Waals surface area contributed by atoms with Crippen molar-refractivity contribution in [2.45, 2.75) is 0 Å². The average Bonchev–Trinajstić information content (AvgIpc) is 3.80. The number of rotatable bonds is 3. The highest BCUT2D eigenvalue weighted by atomic mass is 32.1. The van der Waals surface area contributed by atoms with E-state index in [0.717, 1.165) is 32.9 Å². The van der Waals surface area contributed by atoms with Crippen molar-refractivity contribution in [1.29, 1.82) is 0 Å². The van der Waals surface area contributed by atoms with Gasteiger partial charge in [-0.15, -0.1) is 11.3 Å². The molecule has 0 aliphatic rings. The van der Waals surface area contributed by atoms with E-state index >= 15 is 0 Å². The second kappa shape index (κ2) is 11.4. The molecule has 0 saturated carbocycles. The molecule has 0 fully saturated rings. The van der Waals surface area contributed by atoms with Crippen LogP contribution in [-0.4, -0.2) is 0 Å². The lowest BCUT2D eigenvalue weighted by atomic mass is 9.84. The van der Waals surface area contributed by atoms with Crippen LogP contribution >= 0.6 is 11.3 Å². The maximum Gasteiger partial charge on any atom is 0.143 e. The van der Waals surface area contributed by atoms with Gasteiger partial charge in [0.1, 0.15) is 11.2 Å². The number of fused-ring (bicyclic) bond motifs is 11. The highest BCUT2D eigenvalue weighted by Gasteiger charge is 2.19. The number of hydrogen-bond donors (Lipinski definition) is 0. The minimum Gasteiger partial charge on any atom is -0.455 e. The van der Waals surface area contributed by atoms with Crippen LogP contribution in [0.15, 0.2) is 186 Å². The first-order valence-electron chi connectivity index (χ1n) is 18.5. The predicted octanol–water partition coefficient (Wildman–Crippen LogP) is 15.6. The largest absolute Gasteiger partial charge is 0.455 e. The Bertz CT molecular complexity index is 3450. The van der Waals surface area contributed by atoms with Crippen molar-refractivity contribution in [3.8, 4) is 33.4 Å². The minimum atomic E-state index is 0.922. The third-order valence-electron chi connectivity index (χ3n) is 11.4. The van der Waals surface area contributed by atoms with Crippen LogP contribution in [0.4, 0.5) is 0 Å². The second-order valence-corrected chi connectivity index (χ2v) is 15.5. The molecule has 0 atom stereocenters. The first-order chi connectivity index (χ1) is 26.8. The molecular weight excluding hydrogens is 673 g/mol. The van der Waals surface area contributed by atoms with E-state index in [-0.39, 0.29) is 0 Å². The highest BCUT2D eigenvalue weighted by molar-refractivity contribution is 7.25. The van der Waals surface area contributed by atoms with E-state index in [2.05, 4.69) is 182 Å². The Morgan fingerprint density at radius 3 is 1.52 bits per heavy atom. The summed E-state index contributed by atoms with van der Waals surface area (Å²) in [6, 6.07) is 66.8. The van der Waals surface area contributed by atoms with Crippen LogP contribution in [0.2, 0.25) is 0 Å². The zero-order valence-corrected chi connectivity index (χ0v) is 30.0. The smallest absolute Gasteiger partial charge is 0.143 e. The summed E-state index contributed by atoms with van der Waals surface area (Å²) in [5.41, 5.74) is 9.34. The number of furan rings is 1. The molecule has 0 aliphatic heterocycles. The van der Waals surface area contributed by atoms with Gasteiger partial charge in [0, 0.05) is 36.3 Å². The Balaban J connectivity index is 1.01. The Kier molecular flexibility index (Phi) is 6.28. The van der Waals surface area contributed by atoms with Crippen molar-refractivity contribution in [1.82, 2.24) is 0 Å². The molecule has 10 aromatic carbocycles. The van der Waals surface area contributed by atoms with E-state index in [1.165, 1.54) is 85.7 Å². The molecule has 0 amide bonds. The van der Waals surface area contributed by atoms with E-state index in [1.807, 2.05) is 11.3 Å². The van der Waals surface area contributed by atoms with Crippen LogP contribution in [-0.2, 0) is 0 Å². The van der Waals surface area contributed by atoms with Crippen LogP contribution in [0.25, 0.3) is 119 Å². The lowest BCUT2D eigenvalue weighted by Gasteiger charge is -2.18. The molecule has 2 aromatic heterocycles. The van der Waals surface area contributed by atoms with Crippen molar-refractivity contribution in [2.75, 3.05) is 0 Å². The summed E-state index contributed by atoms with van der Waals surface area (Å²) >= 11 is 1.88. The van der Waals surface area contributed by atoms with E-state index in [1.54, 1.807) is 0 Å².